The van der Waals surface area contributed by atoms with E-state index in [0.29, 0.717) is 30.8 Å². The number of nitrogens with zero attached hydrogens (tertiary/aromatic N) is 3. The van der Waals surface area contributed by atoms with Gasteiger partial charge in [0.05, 0.1) is 6.54 Å². The Hall–Kier alpha value is -3.42. The number of benzene rings is 1. The lowest BCUT2D eigenvalue weighted by Crippen LogP contribution is -2.52. The smallest absolute Gasteiger partial charge is 0.341 e. The van der Waals surface area contributed by atoms with E-state index >= 15 is 0 Å². The number of carbonyl (C=O) groups is 3. The number of aldehydes is 1. The summed E-state index contributed by atoms with van der Waals surface area (Å²) < 4.78 is 5.37. The Kier molecular flexibility index (Phi) is 7.00. The number of hydrogen-bond donors (Lipinski definition) is 1. The highest BCUT2D eigenvalue weighted by Crippen LogP contribution is 2.28. The third kappa shape index (κ3) is 4.94. The van der Waals surface area contributed by atoms with Gasteiger partial charge in [-0.05, 0) is 41.8 Å². The number of amides is 1. The number of carboxylic acids is 1. The number of aliphatic carboxylic acids is 1. The number of pyridine rings is 1. The Balaban J connectivity index is 1.78. The van der Waals surface area contributed by atoms with Crippen molar-refractivity contribution < 1.29 is 24.2 Å². The minimum atomic E-state index is -1.05. The van der Waals surface area contributed by atoms with Gasteiger partial charge in [0.2, 0.25) is 5.91 Å². The van der Waals surface area contributed by atoms with Gasteiger partial charge in [-0.2, -0.15) is 0 Å². The topological polar surface area (TPSA) is 100 Å². The molecule has 8 heteroatoms. The normalized spacial score (nSPS) is 15.0. The van der Waals surface area contributed by atoms with Crippen LogP contribution < -0.4 is 9.64 Å². The van der Waals surface area contributed by atoms with Gasteiger partial charge in [0.25, 0.3) is 0 Å². The van der Waals surface area contributed by atoms with Crippen LogP contribution in [0.1, 0.15) is 30.5 Å². The highest BCUT2D eigenvalue weighted by atomic mass is 16.5. The van der Waals surface area contributed by atoms with Crippen LogP contribution in [0, 0.1) is 0 Å². The van der Waals surface area contributed by atoms with Crippen LogP contribution >= 0.6 is 0 Å². The molecule has 1 aliphatic heterocycles. The van der Waals surface area contributed by atoms with Crippen molar-refractivity contribution in [2.45, 2.75) is 25.8 Å². The Labute approximate surface area is 175 Å². The van der Waals surface area contributed by atoms with Crippen molar-refractivity contribution in [3.63, 3.8) is 0 Å². The molecule has 1 saturated heterocycles. The van der Waals surface area contributed by atoms with Crippen LogP contribution in [-0.4, -0.2) is 59.4 Å². The van der Waals surface area contributed by atoms with E-state index in [0.717, 1.165) is 24.0 Å². The van der Waals surface area contributed by atoms with Crippen molar-refractivity contribution in [1.29, 1.82) is 0 Å². The molecule has 1 amide bonds. The van der Waals surface area contributed by atoms with Crippen LogP contribution in [0.4, 0.5) is 5.69 Å². The van der Waals surface area contributed by atoms with Crippen molar-refractivity contribution in [2.75, 3.05) is 31.1 Å². The molecule has 2 aromatic rings. The van der Waals surface area contributed by atoms with Crippen LogP contribution in [0.3, 0.4) is 0 Å². The second kappa shape index (κ2) is 9.87. The van der Waals surface area contributed by atoms with E-state index in [9.17, 15) is 14.4 Å². The number of anilines is 1. The van der Waals surface area contributed by atoms with Gasteiger partial charge in [-0.3, -0.25) is 9.78 Å². The molecule has 0 aliphatic carbocycles. The third-order valence-electron chi connectivity index (χ3n) is 5.05. The molecule has 3 rings (SSSR count). The molecule has 30 heavy (non-hydrogen) atoms. The minimum Gasteiger partial charge on any atom is -0.482 e. The maximum Gasteiger partial charge on any atom is 0.341 e. The quantitative estimate of drug-likeness (QED) is 0.631. The second-order valence-electron chi connectivity index (χ2n) is 7.09. The number of piperazine rings is 1. The van der Waals surface area contributed by atoms with Crippen LogP contribution in [0.2, 0.25) is 0 Å². The van der Waals surface area contributed by atoms with Gasteiger partial charge in [-0.15, -0.1) is 0 Å². The molecule has 0 bridgehead atoms. The van der Waals surface area contributed by atoms with E-state index in [1.165, 1.54) is 0 Å². The number of carboxylic acid groups (broad SMARTS) is 1. The molecule has 2 heterocycles. The second-order valence-corrected chi connectivity index (χ2v) is 7.09. The van der Waals surface area contributed by atoms with E-state index in [4.69, 9.17) is 9.84 Å². The predicted molar refractivity (Wildman–Crippen MR) is 111 cm³/mol. The standard InChI is InChI=1S/C22H25N3O5/c1-2-3-17-12-16(4-5-20(17)30-15-22(28)29)19(14-26)25-11-10-24(13-21(25)27)18-6-8-23-9-7-18/h4-9,12,14,19H,2-3,10-11,13,15H2,1H3,(H,28,29). The van der Waals surface area contributed by atoms with Crippen molar-refractivity contribution in [2.24, 2.45) is 0 Å². The molecule has 1 N–H and O–H groups in total. The first-order valence-corrected chi connectivity index (χ1v) is 9.90. The summed E-state index contributed by atoms with van der Waals surface area (Å²) in [6, 6.07) is 8.25. The largest absolute Gasteiger partial charge is 0.482 e. The summed E-state index contributed by atoms with van der Waals surface area (Å²) in [6.45, 7) is 2.80. The molecule has 8 nitrogen and oxygen atoms in total. The van der Waals surface area contributed by atoms with Crippen LogP contribution in [-0.2, 0) is 20.8 Å². The molecule has 158 valence electrons. The van der Waals surface area contributed by atoms with Gasteiger partial charge in [0.15, 0.2) is 6.61 Å². The number of aromatic nitrogens is 1. The Morgan fingerprint density at radius 1 is 1.27 bits per heavy atom. The van der Waals surface area contributed by atoms with E-state index in [-0.39, 0.29) is 12.5 Å². The third-order valence-corrected chi connectivity index (χ3v) is 5.05. The summed E-state index contributed by atoms with van der Waals surface area (Å²) in [4.78, 5) is 43.1. The molecule has 1 aromatic heterocycles. The monoisotopic (exact) mass is 411 g/mol. The summed E-state index contributed by atoms with van der Waals surface area (Å²) in [5.74, 6) is -0.690. The van der Waals surface area contributed by atoms with Crippen LogP contribution in [0.5, 0.6) is 5.75 Å². The first-order chi connectivity index (χ1) is 14.5. The van der Waals surface area contributed by atoms with Crippen molar-refractivity contribution in [1.82, 2.24) is 9.88 Å². The molecular weight excluding hydrogens is 386 g/mol. The molecule has 0 spiro atoms. The highest BCUT2D eigenvalue weighted by Gasteiger charge is 2.31. The molecule has 1 fully saturated rings. The number of hydrogen-bond acceptors (Lipinski definition) is 6. The fourth-order valence-electron chi connectivity index (χ4n) is 3.62. The lowest BCUT2D eigenvalue weighted by Gasteiger charge is -2.38. The van der Waals surface area contributed by atoms with Gasteiger partial charge in [-0.25, -0.2) is 4.79 Å². The van der Waals surface area contributed by atoms with E-state index in [1.807, 2.05) is 30.0 Å². The maximum atomic E-state index is 12.8. The molecular formula is C22H25N3O5. The zero-order valence-electron chi connectivity index (χ0n) is 16.9. The van der Waals surface area contributed by atoms with Gasteiger partial charge >= 0.3 is 5.97 Å². The van der Waals surface area contributed by atoms with Gasteiger partial charge in [-0.1, -0.05) is 19.4 Å². The summed E-state index contributed by atoms with van der Waals surface area (Å²) in [5, 5.41) is 8.86. The van der Waals surface area contributed by atoms with Crippen molar-refractivity contribution in [3.05, 3.63) is 53.9 Å². The molecule has 1 aliphatic rings. The van der Waals surface area contributed by atoms with Crippen LogP contribution in [0.15, 0.2) is 42.7 Å². The fraction of sp³-hybridized carbons (Fsp3) is 0.364. The predicted octanol–water partition coefficient (Wildman–Crippen LogP) is 2.09. The zero-order chi connectivity index (χ0) is 21.5. The Morgan fingerprint density at radius 2 is 2.03 bits per heavy atom. The van der Waals surface area contributed by atoms with E-state index in [2.05, 4.69) is 4.98 Å². The first kappa shape index (κ1) is 21.3. The SMILES string of the molecule is CCCc1cc(C(C=O)N2CCN(c3ccncc3)CC2=O)ccc1OCC(=O)O. The molecule has 1 atom stereocenters. The Morgan fingerprint density at radius 3 is 2.67 bits per heavy atom. The molecule has 0 radical (unpaired) electrons. The number of rotatable bonds is 9. The summed E-state index contributed by atoms with van der Waals surface area (Å²) in [6.07, 6.45) is 5.66. The highest BCUT2D eigenvalue weighted by molar-refractivity contribution is 5.86. The zero-order valence-corrected chi connectivity index (χ0v) is 16.9. The average Bonchev–Trinajstić information content (AvgIpc) is 2.75. The van der Waals surface area contributed by atoms with E-state index in [1.54, 1.807) is 29.4 Å². The summed E-state index contributed by atoms with van der Waals surface area (Å²) in [5.41, 5.74) is 2.44. The average molecular weight is 411 g/mol. The molecule has 1 aromatic carbocycles. The summed E-state index contributed by atoms with van der Waals surface area (Å²) >= 11 is 0. The van der Waals surface area contributed by atoms with Gasteiger partial charge in [0, 0.05) is 31.2 Å². The lowest BCUT2D eigenvalue weighted by atomic mass is 9.99. The van der Waals surface area contributed by atoms with E-state index < -0.39 is 18.6 Å². The fourth-order valence-corrected chi connectivity index (χ4v) is 3.62. The number of carbonyl (C=O) groups excluding carboxylic acids is 2. The number of ether oxygens (including phenoxy) is 1. The molecule has 0 saturated carbocycles. The summed E-state index contributed by atoms with van der Waals surface area (Å²) in [7, 11) is 0. The lowest BCUT2D eigenvalue weighted by molar-refractivity contribution is -0.139. The van der Waals surface area contributed by atoms with Crippen molar-refractivity contribution in [3.8, 4) is 5.75 Å². The minimum absolute atomic E-state index is 0.126. The Bertz CT molecular complexity index is 903. The maximum absolute atomic E-state index is 12.8. The van der Waals surface area contributed by atoms with Crippen LogP contribution in [0.25, 0.3) is 0 Å². The molecule has 1 unspecified atom stereocenters. The van der Waals surface area contributed by atoms with Gasteiger partial charge in [0.1, 0.15) is 18.1 Å². The van der Waals surface area contributed by atoms with Crippen molar-refractivity contribution >= 4 is 23.9 Å². The number of aryl methyl sites for hydroxylation is 1. The van der Waals surface area contributed by atoms with Gasteiger partial charge < -0.3 is 24.4 Å². The first-order valence-electron chi connectivity index (χ1n) is 9.90.